The maximum Gasteiger partial charge on any atom is 0.0801 e. The number of hydrogen-bond donors (Lipinski definition) is 1. The number of nitrogens with zero attached hydrogens (tertiary/aromatic N) is 2. The van der Waals surface area contributed by atoms with E-state index >= 15 is 0 Å². The smallest absolute Gasteiger partial charge is 0.0801 e. The molecule has 0 aromatic carbocycles. The van der Waals surface area contributed by atoms with Crippen molar-refractivity contribution in [2.75, 3.05) is 31.1 Å². The van der Waals surface area contributed by atoms with Gasteiger partial charge in [-0.3, -0.25) is 4.98 Å². The maximum atomic E-state index is 5.77. The number of morpholine rings is 1. The van der Waals surface area contributed by atoms with Crippen molar-refractivity contribution < 1.29 is 4.74 Å². The van der Waals surface area contributed by atoms with Crippen LogP contribution in [0.2, 0.25) is 0 Å². The fourth-order valence-corrected chi connectivity index (χ4v) is 2.48. The SMILES string of the molecule is CC(C)CNCc1cc(N2CCOC(C)(C)C2)ccn1. The molecule has 4 nitrogen and oxygen atoms in total. The van der Waals surface area contributed by atoms with Crippen molar-refractivity contribution in [1.82, 2.24) is 10.3 Å². The molecular weight excluding hydrogens is 250 g/mol. The third-order valence-electron chi connectivity index (χ3n) is 3.45. The Bertz CT molecular complexity index is 431. The van der Waals surface area contributed by atoms with Crippen LogP contribution in [0, 0.1) is 5.92 Å². The van der Waals surface area contributed by atoms with Gasteiger partial charge in [0.1, 0.15) is 0 Å². The highest BCUT2D eigenvalue weighted by atomic mass is 16.5. The second kappa shape index (κ2) is 6.55. The van der Waals surface area contributed by atoms with Gasteiger partial charge in [0.25, 0.3) is 0 Å². The summed E-state index contributed by atoms with van der Waals surface area (Å²) in [5, 5.41) is 3.44. The number of aromatic nitrogens is 1. The summed E-state index contributed by atoms with van der Waals surface area (Å²) in [5.41, 5.74) is 2.28. The quantitative estimate of drug-likeness (QED) is 0.897. The van der Waals surface area contributed by atoms with E-state index in [2.05, 4.69) is 55.0 Å². The molecular formula is C16H27N3O. The maximum absolute atomic E-state index is 5.77. The molecule has 0 spiro atoms. The molecule has 0 atom stereocenters. The number of pyridine rings is 1. The lowest BCUT2D eigenvalue weighted by Gasteiger charge is -2.39. The predicted molar refractivity (Wildman–Crippen MR) is 83.0 cm³/mol. The minimum atomic E-state index is -0.0718. The lowest BCUT2D eigenvalue weighted by atomic mass is 10.1. The van der Waals surface area contributed by atoms with Crippen LogP contribution in [-0.4, -0.2) is 36.8 Å². The van der Waals surface area contributed by atoms with E-state index in [0.29, 0.717) is 5.92 Å². The van der Waals surface area contributed by atoms with Gasteiger partial charge in [-0.2, -0.15) is 0 Å². The lowest BCUT2D eigenvalue weighted by Crippen LogP contribution is -2.48. The van der Waals surface area contributed by atoms with Gasteiger partial charge in [-0.1, -0.05) is 13.8 Å². The van der Waals surface area contributed by atoms with E-state index in [-0.39, 0.29) is 5.60 Å². The van der Waals surface area contributed by atoms with E-state index in [1.165, 1.54) is 5.69 Å². The average molecular weight is 277 g/mol. The van der Waals surface area contributed by atoms with Crippen molar-refractivity contribution in [2.24, 2.45) is 5.92 Å². The number of rotatable bonds is 5. The molecule has 1 N–H and O–H groups in total. The van der Waals surface area contributed by atoms with E-state index in [0.717, 1.165) is 38.5 Å². The average Bonchev–Trinajstić information content (AvgIpc) is 2.37. The Morgan fingerprint density at radius 2 is 2.25 bits per heavy atom. The van der Waals surface area contributed by atoms with Crippen LogP contribution in [0.25, 0.3) is 0 Å². The van der Waals surface area contributed by atoms with Crippen molar-refractivity contribution in [3.8, 4) is 0 Å². The third kappa shape index (κ3) is 4.46. The molecule has 1 saturated heterocycles. The van der Waals surface area contributed by atoms with Crippen LogP contribution >= 0.6 is 0 Å². The summed E-state index contributed by atoms with van der Waals surface area (Å²) in [6, 6.07) is 4.28. The molecule has 0 aliphatic carbocycles. The van der Waals surface area contributed by atoms with E-state index in [4.69, 9.17) is 4.74 Å². The minimum Gasteiger partial charge on any atom is -0.372 e. The van der Waals surface area contributed by atoms with Crippen molar-refractivity contribution in [2.45, 2.75) is 39.8 Å². The molecule has 0 saturated carbocycles. The molecule has 20 heavy (non-hydrogen) atoms. The summed E-state index contributed by atoms with van der Waals surface area (Å²) in [6.07, 6.45) is 1.91. The standard InChI is InChI=1S/C16H27N3O/c1-13(2)10-17-11-14-9-15(5-6-18-14)19-7-8-20-16(3,4)12-19/h5-6,9,13,17H,7-8,10-12H2,1-4H3. The molecule has 1 aliphatic rings. The lowest BCUT2D eigenvalue weighted by molar-refractivity contribution is -0.0277. The first-order chi connectivity index (χ1) is 9.46. The Kier molecular flexibility index (Phi) is 5.00. The first kappa shape index (κ1) is 15.3. The summed E-state index contributed by atoms with van der Waals surface area (Å²) in [5.74, 6) is 0.665. The Hall–Kier alpha value is -1.13. The normalized spacial score (nSPS) is 18.6. The van der Waals surface area contributed by atoms with Crippen molar-refractivity contribution >= 4 is 5.69 Å². The third-order valence-corrected chi connectivity index (χ3v) is 3.45. The summed E-state index contributed by atoms with van der Waals surface area (Å²) in [7, 11) is 0. The molecule has 2 rings (SSSR count). The molecule has 1 aromatic heterocycles. The minimum absolute atomic E-state index is 0.0718. The Labute approximate surface area is 122 Å². The Morgan fingerprint density at radius 3 is 2.95 bits per heavy atom. The zero-order valence-electron chi connectivity index (χ0n) is 13.1. The molecule has 0 amide bonds. The fourth-order valence-electron chi connectivity index (χ4n) is 2.48. The van der Waals surface area contributed by atoms with Gasteiger partial charge in [-0.05, 0) is 38.4 Å². The molecule has 4 heteroatoms. The van der Waals surface area contributed by atoms with Gasteiger partial charge in [-0.25, -0.2) is 0 Å². The van der Waals surface area contributed by atoms with E-state index in [9.17, 15) is 0 Å². The van der Waals surface area contributed by atoms with Crippen LogP contribution in [0.4, 0.5) is 5.69 Å². The summed E-state index contributed by atoms with van der Waals surface area (Å²) in [6.45, 7) is 13.2. The fraction of sp³-hybridized carbons (Fsp3) is 0.688. The van der Waals surface area contributed by atoms with E-state index in [1.54, 1.807) is 0 Å². The van der Waals surface area contributed by atoms with Crippen molar-refractivity contribution in [3.63, 3.8) is 0 Å². The molecule has 0 radical (unpaired) electrons. The predicted octanol–water partition coefficient (Wildman–Crippen LogP) is 2.44. The van der Waals surface area contributed by atoms with Crippen molar-refractivity contribution in [1.29, 1.82) is 0 Å². The number of nitrogens with one attached hydrogen (secondary N) is 1. The van der Waals surface area contributed by atoms with Crippen LogP contribution in [0.15, 0.2) is 18.3 Å². The molecule has 1 aromatic rings. The van der Waals surface area contributed by atoms with Gasteiger partial charge in [0.05, 0.1) is 17.9 Å². The highest BCUT2D eigenvalue weighted by molar-refractivity contribution is 5.47. The van der Waals surface area contributed by atoms with Crippen LogP contribution in [0.3, 0.4) is 0 Å². The van der Waals surface area contributed by atoms with Crippen LogP contribution in [0.5, 0.6) is 0 Å². The summed E-state index contributed by atoms with van der Waals surface area (Å²) >= 11 is 0. The number of ether oxygens (including phenoxy) is 1. The number of hydrogen-bond acceptors (Lipinski definition) is 4. The van der Waals surface area contributed by atoms with Gasteiger partial charge >= 0.3 is 0 Å². The molecule has 0 unspecified atom stereocenters. The van der Waals surface area contributed by atoms with Crippen molar-refractivity contribution in [3.05, 3.63) is 24.0 Å². The second-order valence-corrected chi connectivity index (χ2v) is 6.56. The van der Waals surface area contributed by atoms with Gasteiger partial charge in [-0.15, -0.1) is 0 Å². The van der Waals surface area contributed by atoms with Gasteiger partial charge in [0.2, 0.25) is 0 Å². The molecule has 1 aliphatic heterocycles. The van der Waals surface area contributed by atoms with Crippen LogP contribution < -0.4 is 10.2 Å². The molecule has 2 heterocycles. The first-order valence-corrected chi connectivity index (χ1v) is 7.51. The van der Waals surface area contributed by atoms with Gasteiger partial charge in [0, 0.05) is 31.5 Å². The number of anilines is 1. The second-order valence-electron chi connectivity index (χ2n) is 6.56. The summed E-state index contributed by atoms with van der Waals surface area (Å²) < 4.78 is 5.77. The monoisotopic (exact) mass is 277 g/mol. The van der Waals surface area contributed by atoms with E-state index in [1.807, 2.05) is 6.20 Å². The Balaban J connectivity index is 1.98. The van der Waals surface area contributed by atoms with Gasteiger partial charge in [0.15, 0.2) is 0 Å². The first-order valence-electron chi connectivity index (χ1n) is 7.51. The largest absolute Gasteiger partial charge is 0.372 e. The molecule has 112 valence electrons. The topological polar surface area (TPSA) is 37.4 Å². The van der Waals surface area contributed by atoms with E-state index < -0.39 is 0 Å². The van der Waals surface area contributed by atoms with Crippen LogP contribution in [-0.2, 0) is 11.3 Å². The summed E-state index contributed by atoms with van der Waals surface area (Å²) in [4.78, 5) is 6.83. The van der Waals surface area contributed by atoms with Crippen LogP contribution in [0.1, 0.15) is 33.4 Å². The molecule has 1 fully saturated rings. The molecule has 0 bridgehead atoms. The van der Waals surface area contributed by atoms with Gasteiger partial charge < -0.3 is 15.0 Å². The zero-order chi connectivity index (χ0) is 14.6. The highest BCUT2D eigenvalue weighted by Gasteiger charge is 2.27. The Morgan fingerprint density at radius 1 is 1.45 bits per heavy atom. The zero-order valence-corrected chi connectivity index (χ0v) is 13.1. The highest BCUT2D eigenvalue weighted by Crippen LogP contribution is 2.23.